The first kappa shape index (κ1) is 11.6. The lowest BCUT2D eigenvalue weighted by molar-refractivity contribution is 0.00611. The van der Waals surface area contributed by atoms with E-state index in [4.69, 9.17) is 4.74 Å². The van der Waals surface area contributed by atoms with Gasteiger partial charge in [0.05, 0.1) is 11.4 Å². The summed E-state index contributed by atoms with van der Waals surface area (Å²) in [7, 11) is 0. The van der Waals surface area contributed by atoms with Crippen LogP contribution in [-0.4, -0.2) is 21.5 Å². The van der Waals surface area contributed by atoms with Crippen molar-refractivity contribution in [1.82, 2.24) is 9.97 Å². The van der Waals surface area contributed by atoms with Gasteiger partial charge in [-0.2, -0.15) is 0 Å². The van der Waals surface area contributed by atoms with Gasteiger partial charge < -0.3 is 4.74 Å². The molecule has 0 saturated carbocycles. The van der Waals surface area contributed by atoms with Gasteiger partial charge in [-0.15, -0.1) is 0 Å². The number of carbonyl (C=O) groups is 1. The molecule has 0 aliphatic carbocycles. The van der Waals surface area contributed by atoms with Gasteiger partial charge in [-0.25, -0.2) is 9.78 Å². The second-order valence-electron chi connectivity index (χ2n) is 4.45. The highest BCUT2D eigenvalue weighted by atomic mass is 16.6. The van der Waals surface area contributed by atoms with Crippen molar-refractivity contribution in [2.75, 3.05) is 0 Å². The monoisotopic (exact) mass is 208 g/mol. The second kappa shape index (κ2) is 3.96. The van der Waals surface area contributed by atoms with Gasteiger partial charge in [0.25, 0.3) is 0 Å². The number of carbonyl (C=O) groups excluding carboxylic acids is 1. The molecule has 0 spiro atoms. The molecule has 0 saturated heterocycles. The third-order valence-corrected chi connectivity index (χ3v) is 1.67. The van der Waals surface area contributed by atoms with E-state index in [0.29, 0.717) is 17.1 Å². The number of aryl methyl sites for hydroxylation is 2. The minimum atomic E-state index is -0.505. The number of ether oxygens (including phenoxy) is 1. The largest absolute Gasteiger partial charge is 0.455 e. The van der Waals surface area contributed by atoms with Gasteiger partial charge in [0, 0.05) is 6.20 Å². The smallest absolute Gasteiger partial charge is 0.359 e. The number of hydrogen-bond donors (Lipinski definition) is 0. The molecule has 4 nitrogen and oxygen atoms in total. The quantitative estimate of drug-likeness (QED) is 0.663. The van der Waals surface area contributed by atoms with E-state index >= 15 is 0 Å². The molecule has 15 heavy (non-hydrogen) atoms. The molecular weight excluding hydrogens is 192 g/mol. The first-order valence-electron chi connectivity index (χ1n) is 4.83. The van der Waals surface area contributed by atoms with Crippen molar-refractivity contribution >= 4 is 5.97 Å². The molecule has 0 aliphatic heterocycles. The van der Waals surface area contributed by atoms with Gasteiger partial charge in [-0.3, -0.25) is 4.98 Å². The lowest BCUT2D eigenvalue weighted by Crippen LogP contribution is -2.25. The number of rotatable bonds is 1. The third-order valence-electron chi connectivity index (χ3n) is 1.67. The Hall–Kier alpha value is -1.45. The highest BCUT2D eigenvalue weighted by molar-refractivity contribution is 5.88. The molecule has 0 bridgehead atoms. The van der Waals surface area contributed by atoms with Crippen LogP contribution in [0.4, 0.5) is 0 Å². The van der Waals surface area contributed by atoms with Gasteiger partial charge >= 0.3 is 5.97 Å². The van der Waals surface area contributed by atoms with Gasteiger partial charge in [0.15, 0.2) is 5.69 Å². The Labute approximate surface area is 89.7 Å². The average molecular weight is 208 g/mol. The van der Waals surface area contributed by atoms with Crippen LogP contribution in [0.2, 0.25) is 0 Å². The van der Waals surface area contributed by atoms with Gasteiger partial charge in [0.1, 0.15) is 5.60 Å². The maximum absolute atomic E-state index is 11.7. The molecule has 0 fully saturated rings. The average Bonchev–Trinajstić information content (AvgIpc) is 2.06. The van der Waals surface area contributed by atoms with Crippen LogP contribution in [0.1, 0.15) is 42.6 Å². The zero-order valence-corrected chi connectivity index (χ0v) is 9.79. The molecule has 0 unspecified atom stereocenters. The maximum Gasteiger partial charge on any atom is 0.359 e. The van der Waals surface area contributed by atoms with Crippen LogP contribution in [0.5, 0.6) is 0 Å². The predicted octanol–water partition coefficient (Wildman–Crippen LogP) is 2.05. The Balaban J connectivity index is 2.96. The molecule has 1 aromatic heterocycles. The summed E-state index contributed by atoms with van der Waals surface area (Å²) in [4.78, 5) is 19.9. The lowest BCUT2D eigenvalue weighted by atomic mass is 10.2. The summed E-state index contributed by atoms with van der Waals surface area (Å²) >= 11 is 0. The van der Waals surface area contributed by atoms with Gasteiger partial charge in [-0.05, 0) is 34.6 Å². The number of nitrogens with zero attached hydrogens (tertiary/aromatic N) is 2. The maximum atomic E-state index is 11.7. The molecular formula is C11H16N2O2. The molecule has 0 atom stereocenters. The Kier molecular flexibility index (Phi) is 3.07. The fourth-order valence-electron chi connectivity index (χ4n) is 1.06. The summed E-state index contributed by atoms with van der Waals surface area (Å²) < 4.78 is 5.22. The van der Waals surface area contributed by atoms with Crippen molar-refractivity contribution < 1.29 is 9.53 Å². The van der Waals surface area contributed by atoms with Crippen LogP contribution in [0.15, 0.2) is 6.20 Å². The van der Waals surface area contributed by atoms with E-state index in [1.165, 1.54) is 0 Å². The second-order valence-corrected chi connectivity index (χ2v) is 4.45. The van der Waals surface area contributed by atoms with E-state index in [9.17, 15) is 4.79 Å². The number of aromatic nitrogens is 2. The summed E-state index contributed by atoms with van der Waals surface area (Å²) in [6, 6.07) is 0. The van der Waals surface area contributed by atoms with Crippen molar-refractivity contribution in [3.8, 4) is 0 Å². The Morgan fingerprint density at radius 2 is 1.93 bits per heavy atom. The summed E-state index contributed by atoms with van der Waals surface area (Å²) in [5.41, 5.74) is 1.09. The standard InChI is InChI=1S/C11H16N2O2/c1-7-6-12-8(2)9(13-7)10(14)15-11(3,4)5/h6H,1-5H3. The van der Waals surface area contributed by atoms with Crippen molar-refractivity contribution in [2.45, 2.75) is 40.2 Å². The van der Waals surface area contributed by atoms with E-state index in [-0.39, 0.29) is 0 Å². The highest BCUT2D eigenvalue weighted by Crippen LogP contribution is 2.12. The molecule has 4 heteroatoms. The fourth-order valence-corrected chi connectivity index (χ4v) is 1.06. The zero-order chi connectivity index (χ0) is 11.6. The first-order chi connectivity index (χ1) is 6.79. The summed E-state index contributed by atoms with van der Waals surface area (Å²) in [6.07, 6.45) is 1.63. The van der Waals surface area contributed by atoms with Crippen molar-refractivity contribution in [1.29, 1.82) is 0 Å². The van der Waals surface area contributed by atoms with E-state index < -0.39 is 11.6 Å². The lowest BCUT2D eigenvalue weighted by Gasteiger charge is -2.19. The summed E-state index contributed by atoms with van der Waals surface area (Å²) in [6.45, 7) is 9.00. The van der Waals surface area contributed by atoms with Crippen molar-refractivity contribution in [3.63, 3.8) is 0 Å². The highest BCUT2D eigenvalue weighted by Gasteiger charge is 2.20. The Morgan fingerprint density at radius 3 is 2.47 bits per heavy atom. The summed E-state index contributed by atoms with van der Waals surface area (Å²) in [5.74, 6) is -0.420. The zero-order valence-electron chi connectivity index (χ0n) is 9.79. The normalized spacial score (nSPS) is 11.3. The number of hydrogen-bond acceptors (Lipinski definition) is 4. The predicted molar refractivity (Wildman–Crippen MR) is 56.7 cm³/mol. The van der Waals surface area contributed by atoms with E-state index in [2.05, 4.69) is 9.97 Å². The van der Waals surface area contributed by atoms with E-state index in [1.807, 2.05) is 20.8 Å². The third kappa shape index (κ3) is 3.31. The Morgan fingerprint density at radius 1 is 1.33 bits per heavy atom. The Bertz CT molecular complexity index is 381. The van der Waals surface area contributed by atoms with E-state index in [0.717, 1.165) is 0 Å². The van der Waals surface area contributed by atoms with Crippen LogP contribution in [0.25, 0.3) is 0 Å². The van der Waals surface area contributed by atoms with Crippen molar-refractivity contribution in [3.05, 3.63) is 23.3 Å². The number of esters is 1. The van der Waals surface area contributed by atoms with Gasteiger partial charge in [-0.1, -0.05) is 0 Å². The van der Waals surface area contributed by atoms with E-state index in [1.54, 1.807) is 20.0 Å². The van der Waals surface area contributed by atoms with Crippen LogP contribution >= 0.6 is 0 Å². The minimum absolute atomic E-state index is 0.296. The molecule has 82 valence electrons. The molecule has 0 N–H and O–H groups in total. The van der Waals surface area contributed by atoms with Gasteiger partial charge in [0.2, 0.25) is 0 Å². The molecule has 0 aromatic carbocycles. The molecule has 0 radical (unpaired) electrons. The van der Waals surface area contributed by atoms with Crippen LogP contribution in [-0.2, 0) is 4.74 Å². The fraction of sp³-hybridized carbons (Fsp3) is 0.545. The van der Waals surface area contributed by atoms with Crippen molar-refractivity contribution in [2.24, 2.45) is 0 Å². The molecule has 1 heterocycles. The minimum Gasteiger partial charge on any atom is -0.455 e. The summed E-state index contributed by atoms with van der Waals surface area (Å²) in [5, 5.41) is 0. The van der Waals surface area contributed by atoms with Crippen LogP contribution in [0.3, 0.4) is 0 Å². The molecule has 1 aromatic rings. The SMILES string of the molecule is Cc1cnc(C)c(C(=O)OC(C)(C)C)n1. The molecule has 0 amide bonds. The molecule has 0 aliphatic rings. The first-order valence-corrected chi connectivity index (χ1v) is 4.83. The topological polar surface area (TPSA) is 52.1 Å². The molecule has 1 rings (SSSR count). The van der Waals surface area contributed by atoms with Crippen LogP contribution < -0.4 is 0 Å². The van der Waals surface area contributed by atoms with Crippen LogP contribution in [0, 0.1) is 13.8 Å².